The van der Waals surface area contributed by atoms with Crippen molar-refractivity contribution in [2.45, 2.75) is 25.7 Å². The Hall–Kier alpha value is -2.10. The molecule has 0 spiro atoms. The summed E-state index contributed by atoms with van der Waals surface area (Å²) >= 11 is 0. The van der Waals surface area contributed by atoms with Crippen LogP contribution in [0.2, 0.25) is 0 Å². The van der Waals surface area contributed by atoms with Crippen molar-refractivity contribution in [2.24, 2.45) is 5.92 Å². The van der Waals surface area contributed by atoms with E-state index < -0.39 is 5.97 Å². The van der Waals surface area contributed by atoms with E-state index in [1.807, 2.05) is 18.2 Å². The molecule has 1 aromatic carbocycles. The Morgan fingerprint density at radius 1 is 1.35 bits per heavy atom. The molecule has 1 N–H and O–H groups in total. The largest absolute Gasteiger partial charge is 0.478 e. The smallest absolute Gasteiger partial charge is 0.335 e. The van der Waals surface area contributed by atoms with E-state index in [1.54, 1.807) is 12.1 Å². The van der Waals surface area contributed by atoms with E-state index in [2.05, 4.69) is 6.58 Å². The molecule has 1 aromatic rings. The Kier molecular flexibility index (Phi) is 7.11. The van der Waals surface area contributed by atoms with Crippen molar-refractivity contribution in [1.29, 1.82) is 0 Å². The summed E-state index contributed by atoms with van der Waals surface area (Å²) in [4.78, 5) is 20.9. The summed E-state index contributed by atoms with van der Waals surface area (Å²) in [6, 6.07) is 6.92. The Balaban J connectivity index is 2.39. The third-order valence-corrected chi connectivity index (χ3v) is 3.18. The second-order valence-electron chi connectivity index (χ2n) is 4.71. The summed E-state index contributed by atoms with van der Waals surface area (Å²) < 4.78 is 4.80. The zero-order valence-corrected chi connectivity index (χ0v) is 11.5. The molecule has 20 heavy (non-hydrogen) atoms. The Bertz CT molecular complexity index is 436. The minimum atomic E-state index is -0.909. The Morgan fingerprint density at radius 3 is 2.60 bits per heavy atom. The summed E-state index contributed by atoms with van der Waals surface area (Å²) in [5.41, 5.74) is 1.42. The lowest BCUT2D eigenvalue weighted by Gasteiger charge is -2.13. The standard InChI is InChI=1S/C16H20O4/c1-2-4-14(11-20-12-17)6-3-5-13-7-9-15(10-8-13)16(18)19/h2,7-10,12,14H,1,3-6,11H2,(H,18,19). The fourth-order valence-electron chi connectivity index (χ4n) is 2.09. The molecule has 4 heteroatoms. The van der Waals surface area contributed by atoms with Crippen LogP contribution in [0.3, 0.4) is 0 Å². The quantitative estimate of drug-likeness (QED) is 0.527. The zero-order valence-electron chi connectivity index (χ0n) is 11.5. The first-order valence-corrected chi connectivity index (χ1v) is 6.65. The predicted molar refractivity (Wildman–Crippen MR) is 76.7 cm³/mol. The number of hydrogen-bond acceptors (Lipinski definition) is 3. The van der Waals surface area contributed by atoms with Crippen LogP contribution in [-0.4, -0.2) is 24.2 Å². The van der Waals surface area contributed by atoms with Crippen LogP contribution >= 0.6 is 0 Å². The summed E-state index contributed by atoms with van der Waals surface area (Å²) in [6.07, 6.45) is 5.45. The average molecular weight is 276 g/mol. The molecule has 0 radical (unpaired) electrons. The minimum absolute atomic E-state index is 0.302. The molecule has 1 atom stereocenters. The van der Waals surface area contributed by atoms with E-state index in [0.29, 0.717) is 24.6 Å². The molecule has 0 aromatic heterocycles. The molecule has 108 valence electrons. The van der Waals surface area contributed by atoms with Gasteiger partial charge in [-0.25, -0.2) is 4.79 Å². The van der Waals surface area contributed by atoms with Crippen LogP contribution in [-0.2, 0) is 16.0 Å². The number of rotatable bonds is 10. The van der Waals surface area contributed by atoms with E-state index >= 15 is 0 Å². The minimum Gasteiger partial charge on any atom is -0.478 e. The van der Waals surface area contributed by atoms with Gasteiger partial charge in [-0.1, -0.05) is 18.2 Å². The number of carboxylic acids is 1. The van der Waals surface area contributed by atoms with E-state index in [-0.39, 0.29) is 0 Å². The van der Waals surface area contributed by atoms with E-state index in [9.17, 15) is 9.59 Å². The van der Waals surface area contributed by atoms with Crippen LogP contribution in [0.25, 0.3) is 0 Å². The Morgan fingerprint density at radius 2 is 2.05 bits per heavy atom. The number of benzene rings is 1. The number of allylic oxidation sites excluding steroid dienone is 1. The highest BCUT2D eigenvalue weighted by atomic mass is 16.5. The lowest BCUT2D eigenvalue weighted by molar-refractivity contribution is -0.130. The highest BCUT2D eigenvalue weighted by Gasteiger charge is 2.08. The molecule has 0 saturated carbocycles. The maximum absolute atomic E-state index is 10.7. The molecule has 0 aliphatic heterocycles. The van der Waals surface area contributed by atoms with Gasteiger partial charge in [0, 0.05) is 0 Å². The number of carboxylic acid groups (broad SMARTS) is 1. The van der Waals surface area contributed by atoms with Gasteiger partial charge in [-0.15, -0.1) is 6.58 Å². The summed E-state index contributed by atoms with van der Waals surface area (Å²) in [5.74, 6) is -0.607. The van der Waals surface area contributed by atoms with Gasteiger partial charge < -0.3 is 9.84 Å². The van der Waals surface area contributed by atoms with Gasteiger partial charge in [-0.2, -0.15) is 0 Å². The first kappa shape index (κ1) is 16.0. The molecular weight excluding hydrogens is 256 g/mol. The SMILES string of the molecule is C=CCC(CCCc1ccc(C(=O)O)cc1)COC=O. The zero-order chi connectivity index (χ0) is 14.8. The van der Waals surface area contributed by atoms with Gasteiger partial charge in [0.05, 0.1) is 12.2 Å². The monoisotopic (exact) mass is 276 g/mol. The van der Waals surface area contributed by atoms with Crippen molar-refractivity contribution in [3.05, 3.63) is 48.0 Å². The second kappa shape index (κ2) is 8.91. The average Bonchev–Trinajstić information content (AvgIpc) is 2.45. The van der Waals surface area contributed by atoms with Gasteiger partial charge in [0.25, 0.3) is 6.47 Å². The molecule has 0 amide bonds. The van der Waals surface area contributed by atoms with E-state index in [0.717, 1.165) is 31.2 Å². The number of aromatic carboxylic acids is 1. The molecule has 0 fully saturated rings. The van der Waals surface area contributed by atoms with Crippen molar-refractivity contribution in [3.8, 4) is 0 Å². The fraction of sp³-hybridized carbons (Fsp3) is 0.375. The maximum atomic E-state index is 10.7. The topological polar surface area (TPSA) is 63.6 Å². The number of carbonyl (C=O) groups is 2. The van der Waals surface area contributed by atoms with Gasteiger partial charge in [-0.3, -0.25) is 4.79 Å². The molecule has 0 bridgehead atoms. The molecule has 0 aliphatic rings. The second-order valence-corrected chi connectivity index (χ2v) is 4.71. The number of aryl methyl sites for hydroxylation is 1. The van der Waals surface area contributed by atoms with Crippen molar-refractivity contribution in [2.75, 3.05) is 6.61 Å². The Labute approximate surface area is 119 Å². The summed E-state index contributed by atoms with van der Waals surface area (Å²) in [6.45, 7) is 4.60. The normalized spacial score (nSPS) is 11.6. The predicted octanol–water partition coefficient (Wildman–Crippen LogP) is 3.07. The highest BCUT2D eigenvalue weighted by molar-refractivity contribution is 5.87. The third-order valence-electron chi connectivity index (χ3n) is 3.18. The highest BCUT2D eigenvalue weighted by Crippen LogP contribution is 2.15. The van der Waals surface area contributed by atoms with Crippen molar-refractivity contribution in [3.63, 3.8) is 0 Å². The van der Waals surface area contributed by atoms with Gasteiger partial charge in [0.1, 0.15) is 0 Å². The van der Waals surface area contributed by atoms with Gasteiger partial charge >= 0.3 is 5.97 Å². The van der Waals surface area contributed by atoms with Crippen molar-refractivity contribution in [1.82, 2.24) is 0 Å². The molecule has 0 saturated heterocycles. The fourth-order valence-corrected chi connectivity index (χ4v) is 2.09. The number of hydrogen-bond donors (Lipinski definition) is 1. The molecule has 4 nitrogen and oxygen atoms in total. The first-order valence-electron chi connectivity index (χ1n) is 6.65. The van der Waals surface area contributed by atoms with Gasteiger partial charge in [-0.05, 0) is 49.3 Å². The van der Waals surface area contributed by atoms with E-state index in [1.165, 1.54) is 0 Å². The summed E-state index contributed by atoms with van der Waals surface area (Å²) in [7, 11) is 0. The van der Waals surface area contributed by atoms with E-state index in [4.69, 9.17) is 9.84 Å². The number of carbonyl (C=O) groups excluding carboxylic acids is 1. The maximum Gasteiger partial charge on any atom is 0.335 e. The molecule has 0 heterocycles. The number of ether oxygens (including phenoxy) is 1. The van der Waals surface area contributed by atoms with Crippen LogP contribution < -0.4 is 0 Å². The third kappa shape index (κ3) is 5.69. The molecule has 1 unspecified atom stereocenters. The van der Waals surface area contributed by atoms with Gasteiger partial charge in [0.15, 0.2) is 0 Å². The lowest BCUT2D eigenvalue weighted by Crippen LogP contribution is -2.09. The molecular formula is C16H20O4. The van der Waals surface area contributed by atoms with Crippen LogP contribution in [0.5, 0.6) is 0 Å². The first-order chi connectivity index (χ1) is 9.67. The van der Waals surface area contributed by atoms with Crippen molar-refractivity contribution < 1.29 is 19.4 Å². The van der Waals surface area contributed by atoms with Crippen LogP contribution in [0, 0.1) is 5.92 Å². The van der Waals surface area contributed by atoms with Crippen molar-refractivity contribution >= 4 is 12.4 Å². The van der Waals surface area contributed by atoms with Crippen LogP contribution in [0.4, 0.5) is 0 Å². The van der Waals surface area contributed by atoms with Gasteiger partial charge in [0.2, 0.25) is 0 Å². The van der Waals surface area contributed by atoms with Crippen LogP contribution in [0.1, 0.15) is 35.2 Å². The summed E-state index contributed by atoms with van der Waals surface area (Å²) in [5, 5.41) is 8.81. The molecule has 0 aliphatic carbocycles. The molecule has 1 rings (SSSR count). The van der Waals surface area contributed by atoms with Crippen LogP contribution in [0.15, 0.2) is 36.9 Å². The lowest BCUT2D eigenvalue weighted by atomic mass is 9.97.